The van der Waals surface area contributed by atoms with E-state index >= 15 is 4.39 Å². The normalized spacial score (nSPS) is 18.6. The van der Waals surface area contributed by atoms with E-state index in [9.17, 15) is 19.5 Å². The van der Waals surface area contributed by atoms with Crippen LogP contribution < -0.4 is 5.73 Å². The van der Waals surface area contributed by atoms with Gasteiger partial charge in [-0.1, -0.05) is 72.8 Å². The zero-order valence-electron chi connectivity index (χ0n) is 27.6. The van der Waals surface area contributed by atoms with Gasteiger partial charge in [0.1, 0.15) is 30.9 Å². The number of nitrogen functional groups attached to an aromatic ring is 1. The van der Waals surface area contributed by atoms with Crippen LogP contribution in [0.3, 0.4) is 0 Å². The molecule has 3 aromatic carbocycles. The highest BCUT2D eigenvalue weighted by atomic mass is 35.5. The number of aromatic nitrogens is 4. The first-order valence-electron chi connectivity index (χ1n) is 16.0. The van der Waals surface area contributed by atoms with Crippen molar-refractivity contribution in [3.63, 3.8) is 0 Å². The van der Waals surface area contributed by atoms with Gasteiger partial charge in [-0.15, -0.1) is 0 Å². The Bertz CT molecular complexity index is 1980. The topological polar surface area (TPSA) is 187 Å². The number of imidazole rings is 1. The SMILES string of the molecule is COC(=O)c1ccc(CC(OC[C@H]2O[C@@H](n3cnc4c(N)nc(Cl)nc43)[C@@H](F)[C@@H]2O)(C(=O)OCc2ccccc2)C(=O)OCc2ccccc2)cc1. The van der Waals surface area contributed by atoms with Crippen molar-refractivity contribution < 1.29 is 47.6 Å². The molecule has 14 nitrogen and oxygen atoms in total. The predicted molar refractivity (Wildman–Crippen MR) is 182 cm³/mol. The summed E-state index contributed by atoms with van der Waals surface area (Å²) < 4.78 is 45.1. The largest absolute Gasteiger partial charge is 0.465 e. The summed E-state index contributed by atoms with van der Waals surface area (Å²) in [6, 6.07) is 23.4. The molecule has 1 fully saturated rings. The number of ether oxygens (including phenoxy) is 5. The van der Waals surface area contributed by atoms with Crippen molar-refractivity contribution in [3.05, 3.63) is 119 Å². The van der Waals surface area contributed by atoms with Gasteiger partial charge >= 0.3 is 17.9 Å². The van der Waals surface area contributed by atoms with Crippen molar-refractivity contribution in [2.24, 2.45) is 0 Å². The fraction of sp³-hybridized carbons (Fsp3) is 0.278. The summed E-state index contributed by atoms with van der Waals surface area (Å²) in [5.41, 5.74) is 5.43. The number of alkyl halides is 1. The molecule has 1 aliphatic rings. The molecule has 16 heteroatoms. The van der Waals surface area contributed by atoms with Crippen LogP contribution in [0.4, 0.5) is 10.2 Å². The van der Waals surface area contributed by atoms with E-state index in [0.29, 0.717) is 16.7 Å². The number of hydrogen-bond acceptors (Lipinski definition) is 13. The van der Waals surface area contributed by atoms with E-state index in [1.54, 1.807) is 60.7 Å². The average Bonchev–Trinajstić information content (AvgIpc) is 3.71. The minimum atomic E-state index is -2.50. The van der Waals surface area contributed by atoms with Gasteiger partial charge in [0.25, 0.3) is 5.60 Å². The van der Waals surface area contributed by atoms with Gasteiger partial charge in [-0.3, -0.25) is 4.57 Å². The fourth-order valence-electron chi connectivity index (χ4n) is 5.63. The maximum absolute atomic E-state index is 15.7. The van der Waals surface area contributed by atoms with Crippen LogP contribution in [0.25, 0.3) is 11.2 Å². The van der Waals surface area contributed by atoms with E-state index in [1.165, 1.54) is 42.3 Å². The van der Waals surface area contributed by atoms with Crippen LogP contribution in [0.1, 0.15) is 33.3 Å². The molecular formula is C36H33ClFN5O9. The fourth-order valence-corrected chi connectivity index (χ4v) is 5.80. The third-order valence-electron chi connectivity index (χ3n) is 8.40. The predicted octanol–water partition coefficient (Wildman–Crippen LogP) is 3.93. The molecule has 4 atom stereocenters. The summed E-state index contributed by atoms with van der Waals surface area (Å²) in [7, 11) is 1.24. The molecule has 0 saturated carbocycles. The van der Waals surface area contributed by atoms with Gasteiger partial charge in [-0.25, -0.2) is 23.8 Å². The number of halogens is 2. The summed E-state index contributed by atoms with van der Waals surface area (Å²) in [4.78, 5) is 52.5. The molecule has 3 N–H and O–H groups in total. The lowest BCUT2D eigenvalue weighted by Gasteiger charge is -2.31. The highest BCUT2D eigenvalue weighted by Crippen LogP contribution is 2.36. The monoisotopic (exact) mass is 733 g/mol. The van der Waals surface area contributed by atoms with Gasteiger partial charge < -0.3 is 34.5 Å². The molecule has 0 radical (unpaired) electrons. The van der Waals surface area contributed by atoms with Gasteiger partial charge in [0, 0.05) is 6.42 Å². The molecule has 0 aliphatic carbocycles. The Kier molecular flexibility index (Phi) is 11.0. The number of anilines is 1. The Morgan fingerprint density at radius 3 is 2.10 bits per heavy atom. The van der Waals surface area contributed by atoms with Crippen LogP contribution in [0, 0.1) is 0 Å². The molecule has 1 saturated heterocycles. The van der Waals surface area contributed by atoms with E-state index in [1.807, 2.05) is 0 Å². The number of rotatable bonds is 13. The number of hydrogen-bond donors (Lipinski definition) is 2. The van der Waals surface area contributed by atoms with E-state index in [0.717, 1.165) is 0 Å². The number of carbonyl (C=O) groups excluding carboxylic acids is 3. The van der Waals surface area contributed by atoms with Crippen molar-refractivity contribution in [1.29, 1.82) is 0 Å². The second-order valence-electron chi connectivity index (χ2n) is 11.8. The first-order chi connectivity index (χ1) is 25.1. The minimum Gasteiger partial charge on any atom is -0.465 e. The van der Waals surface area contributed by atoms with Crippen molar-refractivity contribution in [3.8, 4) is 0 Å². The van der Waals surface area contributed by atoms with E-state index in [2.05, 4.69) is 15.0 Å². The summed E-state index contributed by atoms with van der Waals surface area (Å²) in [6.07, 6.45) is -5.97. The number of methoxy groups -OCH3 is 1. The lowest BCUT2D eigenvalue weighted by molar-refractivity contribution is -0.199. The first-order valence-corrected chi connectivity index (χ1v) is 16.3. The first kappa shape index (κ1) is 36.3. The van der Waals surface area contributed by atoms with Gasteiger partial charge in [0.2, 0.25) is 5.28 Å². The lowest BCUT2D eigenvalue weighted by Crippen LogP contribution is -2.54. The van der Waals surface area contributed by atoms with Gasteiger partial charge in [0.05, 0.1) is 25.6 Å². The summed E-state index contributed by atoms with van der Waals surface area (Å²) in [5.74, 6) is -2.87. The highest BCUT2D eigenvalue weighted by molar-refractivity contribution is 6.28. The number of carbonyl (C=O) groups is 3. The molecule has 270 valence electrons. The molecule has 0 unspecified atom stereocenters. The molecule has 52 heavy (non-hydrogen) atoms. The standard InChI is InChI=1S/C36H33ClFN5O9/c1-48-32(45)24-14-12-21(13-15-24)16-36(33(46)49-17-22-8-4-2-5-9-22,34(47)50-18-23-10-6-3-7-11-23)51-19-25-28(44)26(38)31(52-25)43-20-40-27-29(39)41-35(37)42-30(27)43/h2-15,20,25-26,28,31,44H,16-19H2,1H3,(H2,39,41,42)/t25-,26+,28-,31-/m1/s1. The number of aliphatic hydroxyl groups is 1. The van der Waals surface area contributed by atoms with E-state index in [-0.39, 0.29) is 41.0 Å². The average molecular weight is 734 g/mol. The molecular weight excluding hydrogens is 701 g/mol. The zero-order chi connectivity index (χ0) is 36.8. The Morgan fingerprint density at radius 1 is 0.923 bits per heavy atom. The van der Waals surface area contributed by atoms with Crippen molar-refractivity contribution in [2.75, 3.05) is 19.5 Å². The highest BCUT2D eigenvalue weighted by Gasteiger charge is 2.53. The third-order valence-corrected chi connectivity index (χ3v) is 8.57. The summed E-state index contributed by atoms with van der Waals surface area (Å²) in [6.45, 7) is -1.13. The third kappa shape index (κ3) is 7.72. The number of nitrogens with zero attached hydrogens (tertiary/aromatic N) is 4. The summed E-state index contributed by atoms with van der Waals surface area (Å²) >= 11 is 5.98. The molecule has 5 aromatic rings. The van der Waals surface area contributed by atoms with Crippen LogP contribution in [-0.4, -0.2) is 80.2 Å². The second-order valence-corrected chi connectivity index (χ2v) is 12.2. The minimum absolute atomic E-state index is 0.0463. The number of aliphatic hydroxyl groups excluding tert-OH is 1. The van der Waals surface area contributed by atoms with Crippen LogP contribution in [0.5, 0.6) is 0 Å². The zero-order valence-corrected chi connectivity index (χ0v) is 28.4. The molecule has 0 bridgehead atoms. The molecule has 2 aromatic heterocycles. The Labute approximate surface area is 301 Å². The van der Waals surface area contributed by atoms with E-state index in [4.69, 9.17) is 41.0 Å². The lowest BCUT2D eigenvalue weighted by atomic mass is 9.93. The van der Waals surface area contributed by atoms with Gasteiger partial charge in [0.15, 0.2) is 23.9 Å². The van der Waals surface area contributed by atoms with Gasteiger partial charge in [-0.05, 0) is 40.4 Å². The smallest absolute Gasteiger partial charge is 0.351 e. The van der Waals surface area contributed by atoms with Crippen molar-refractivity contribution in [1.82, 2.24) is 19.5 Å². The van der Waals surface area contributed by atoms with Crippen LogP contribution in [-0.2, 0) is 52.9 Å². The van der Waals surface area contributed by atoms with Crippen LogP contribution >= 0.6 is 11.6 Å². The van der Waals surface area contributed by atoms with E-state index < -0.39 is 61.1 Å². The maximum Gasteiger partial charge on any atom is 0.351 e. The van der Waals surface area contributed by atoms with Crippen molar-refractivity contribution in [2.45, 2.75) is 49.8 Å². The molecule has 0 amide bonds. The Morgan fingerprint density at radius 2 is 1.52 bits per heavy atom. The molecule has 3 heterocycles. The number of nitrogens with two attached hydrogens (primary N) is 1. The maximum atomic E-state index is 15.7. The second kappa shape index (κ2) is 15.8. The number of fused-ring (bicyclic) bond motifs is 1. The number of benzene rings is 3. The molecule has 1 aliphatic heterocycles. The Balaban J connectivity index is 1.32. The van der Waals surface area contributed by atoms with Crippen LogP contribution in [0.15, 0.2) is 91.3 Å². The molecule has 0 spiro atoms. The van der Waals surface area contributed by atoms with Gasteiger partial charge in [-0.2, -0.15) is 9.97 Å². The molecule has 6 rings (SSSR count). The quantitative estimate of drug-likeness (QED) is 0.0768. The Hall–Kier alpha value is -5.48. The summed E-state index contributed by atoms with van der Waals surface area (Å²) in [5, 5.41) is 10.8. The number of esters is 3. The van der Waals surface area contributed by atoms with Crippen LogP contribution in [0.2, 0.25) is 5.28 Å². The van der Waals surface area contributed by atoms with Crippen molar-refractivity contribution >= 4 is 46.5 Å².